The topological polar surface area (TPSA) is 116 Å². The highest BCUT2D eigenvalue weighted by atomic mass is 19.1. The van der Waals surface area contributed by atoms with E-state index in [1.54, 1.807) is 6.07 Å². The summed E-state index contributed by atoms with van der Waals surface area (Å²) in [5.74, 6) is 4.01. The number of nitrogens with one attached hydrogen (secondary N) is 1. The third-order valence-electron chi connectivity index (χ3n) is 5.92. The number of carbonyl (C=O) groups is 1. The van der Waals surface area contributed by atoms with E-state index in [-0.39, 0.29) is 29.1 Å². The Kier molecular flexibility index (Phi) is 4.07. The molecule has 3 heterocycles. The molecule has 152 valence electrons. The fourth-order valence-corrected chi connectivity index (χ4v) is 4.26. The van der Waals surface area contributed by atoms with Crippen LogP contribution in [0.5, 0.6) is 0 Å². The van der Waals surface area contributed by atoms with E-state index in [4.69, 9.17) is 5.84 Å². The number of benzene rings is 1. The zero-order valence-electron chi connectivity index (χ0n) is 15.6. The number of fused-ring (bicyclic) bond motifs is 1. The quantitative estimate of drug-likeness (QED) is 0.657. The van der Waals surface area contributed by atoms with Gasteiger partial charge >= 0.3 is 5.97 Å². The predicted octanol–water partition coefficient (Wildman–Crippen LogP) is 1.05. The summed E-state index contributed by atoms with van der Waals surface area (Å²) < 4.78 is 16.8. The van der Waals surface area contributed by atoms with Crippen molar-refractivity contribution in [2.24, 2.45) is 16.8 Å². The van der Waals surface area contributed by atoms with Crippen molar-refractivity contribution in [2.75, 3.05) is 18.0 Å². The Hall–Kier alpha value is -2.98. The summed E-state index contributed by atoms with van der Waals surface area (Å²) in [6.45, 7) is 1.26. The summed E-state index contributed by atoms with van der Waals surface area (Å²) in [5, 5.41) is 10.8. The number of hydrazine groups is 2. The van der Waals surface area contributed by atoms with Crippen LogP contribution in [0.1, 0.15) is 35.7 Å². The Bertz CT molecular complexity index is 1100. The zero-order chi connectivity index (χ0) is 20.3. The van der Waals surface area contributed by atoms with E-state index >= 15 is 0 Å². The molecule has 5 rings (SSSR count). The number of carboxylic acids is 1. The molecule has 0 amide bonds. The van der Waals surface area contributed by atoms with Gasteiger partial charge in [-0.15, -0.1) is 0 Å². The second kappa shape index (κ2) is 6.53. The fourth-order valence-electron chi connectivity index (χ4n) is 4.26. The maximum Gasteiger partial charge on any atom is 0.341 e. The number of pyridine rings is 1. The van der Waals surface area contributed by atoms with Crippen molar-refractivity contribution in [3.8, 4) is 0 Å². The lowest BCUT2D eigenvalue weighted by Gasteiger charge is -2.23. The normalized spacial score (nSPS) is 24.1. The van der Waals surface area contributed by atoms with Gasteiger partial charge in [0.2, 0.25) is 5.43 Å². The zero-order valence-corrected chi connectivity index (χ0v) is 15.6. The molecule has 2 unspecified atom stereocenters. The Balaban J connectivity index is 1.54. The molecule has 1 aromatic heterocycles. The lowest BCUT2D eigenvalue weighted by molar-refractivity contribution is 0.0695. The van der Waals surface area contributed by atoms with Crippen LogP contribution in [0.25, 0.3) is 10.9 Å². The first-order valence-electron chi connectivity index (χ1n) is 9.62. The van der Waals surface area contributed by atoms with Gasteiger partial charge in [-0.3, -0.25) is 9.79 Å². The standard InChI is InChI=1S/C19H21FN6O3/c20-14-5-12-15(25(11-1-2-11)8-13(17(12)27)19(28)29)6-16(14)24-4-3-10(7-24)18-22-9-26(21)23-18/h5-6,8-11,18,23H,1-4,7,21H2,(H,28,29). The molecule has 0 spiro atoms. The molecule has 29 heavy (non-hydrogen) atoms. The SMILES string of the molecule is NN1C=NC(C2CCN(c3cc4c(cc3F)c(=O)c(C(=O)O)cn4C3CC3)C2)N1. The number of carboxylic acid groups (broad SMARTS) is 1. The summed E-state index contributed by atoms with van der Waals surface area (Å²) >= 11 is 0. The number of aromatic nitrogens is 1. The molecule has 1 aliphatic carbocycles. The minimum atomic E-state index is -1.29. The van der Waals surface area contributed by atoms with Crippen LogP contribution in [0.4, 0.5) is 10.1 Å². The first kappa shape index (κ1) is 18.1. The highest BCUT2D eigenvalue weighted by Gasteiger charge is 2.33. The summed E-state index contributed by atoms with van der Waals surface area (Å²) in [6, 6.07) is 3.01. The monoisotopic (exact) mass is 400 g/mol. The van der Waals surface area contributed by atoms with E-state index in [0.29, 0.717) is 24.3 Å². The van der Waals surface area contributed by atoms with Crippen molar-refractivity contribution in [3.63, 3.8) is 0 Å². The Morgan fingerprint density at radius 1 is 1.31 bits per heavy atom. The Morgan fingerprint density at radius 2 is 2.10 bits per heavy atom. The van der Waals surface area contributed by atoms with E-state index in [2.05, 4.69) is 10.4 Å². The van der Waals surface area contributed by atoms with Gasteiger partial charge in [-0.2, -0.15) is 5.43 Å². The first-order chi connectivity index (χ1) is 13.9. The van der Waals surface area contributed by atoms with E-state index in [0.717, 1.165) is 19.3 Å². The summed E-state index contributed by atoms with van der Waals surface area (Å²) in [4.78, 5) is 30.3. The molecule has 2 fully saturated rings. The number of nitrogens with two attached hydrogens (primary N) is 1. The summed E-state index contributed by atoms with van der Waals surface area (Å²) in [5.41, 5.74) is 3.06. The fraction of sp³-hybridized carbons (Fsp3) is 0.421. The molecule has 0 bridgehead atoms. The molecule has 1 aromatic carbocycles. The molecule has 0 radical (unpaired) electrons. The highest BCUT2D eigenvalue weighted by molar-refractivity contribution is 5.93. The van der Waals surface area contributed by atoms with Gasteiger partial charge in [-0.05, 0) is 31.4 Å². The van der Waals surface area contributed by atoms with Gasteiger partial charge in [-0.25, -0.2) is 20.1 Å². The van der Waals surface area contributed by atoms with Gasteiger partial charge in [0.15, 0.2) is 0 Å². The maximum atomic E-state index is 15.0. The average molecular weight is 400 g/mol. The number of anilines is 1. The van der Waals surface area contributed by atoms with E-state index in [1.165, 1.54) is 23.7 Å². The van der Waals surface area contributed by atoms with Crippen molar-refractivity contribution in [1.29, 1.82) is 0 Å². The van der Waals surface area contributed by atoms with Crippen molar-refractivity contribution in [1.82, 2.24) is 15.1 Å². The van der Waals surface area contributed by atoms with E-state index < -0.39 is 17.2 Å². The van der Waals surface area contributed by atoms with Crippen molar-refractivity contribution >= 4 is 28.9 Å². The van der Waals surface area contributed by atoms with Gasteiger partial charge in [0.1, 0.15) is 23.9 Å². The largest absolute Gasteiger partial charge is 0.477 e. The highest BCUT2D eigenvalue weighted by Crippen LogP contribution is 2.38. The second-order valence-corrected chi connectivity index (χ2v) is 7.88. The molecule has 2 atom stereocenters. The van der Waals surface area contributed by atoms with Crippen LogP contribution >= 0.6 is 0 Å². The third-order valence-corrected chi connectivity index (χ3v) is 5.92. The van der Waals surface area contributed by atoms with Crippen LogP contribution in [0.2, 0.25) is 0 Å². The minimum Gasteiger partial charge on any atom is -0.477 e. The Labute approximate surface area is 165 Å². The molecule has 2 aliphatic heterocycles. The second-order valence-electron chi connectivity index (χ2n) is 7.88. The number of hydrogen-bond donors (Lipinski definition) is 3. The van der Waals surface area contributed by atoms with Crippen LogP contribution in [0, 0.1) is 11.7 Å². The molecular weight excluding hydrogens is 379 g/mol. The number of aromatic carboxylic acids is 1. The third kappa shape index (κ3) is 3.04. The van der Waals surface area contributed by atoms with Crippen molar-refractivity contribution < 1.29 is 14.3 Å². The van der Waals surface area contributed by atoms with Gasteiger partial charge in [0, 0.05) is 36.6 Å². The van der Waals surface area contributed by atoms with Gasteiger partial charge in [0.05, 0.1) is 11.2 Å². The molecule has 2 aromatic rings. The predicted molar refractivity (Wildman–Crippen MR) is 105 cm³/mol. The lowest BCUT2D eigenvalue weighted by atomic mass is 10.1. The van der Waals surface area contributed by atoms with Crippen molar-refractivity contribution in [3.05, 3.63) is 39.9 Å². The van der Waals surface area contributed by atoms with Gasteiger partial charge in [-0.1, -0.05) is 0 Å². The molecule has 9 nitrogen and oxygen atoms in total. The maximum absolute atomic E-state index is 15.0. The number of hydrogen-bond acceptors (Lipinski definition) is 7. The first-order valence-corrected chi connectivity index (χ1v) is 9.62. The average Bonchev–Trinajstić information content (AvgIpc) is 3.24. The number of rotatable bonds is 4. The van der Waals surface area contributed by atoms with Crippen LogP contribution in [0.15, 0.2) is 28.1 Å². The molecule has 4 N–H and O–H groups in total. The smallest absolute Gasteiger partial charge is 0.341 e. The molecule has 10 heteroatoms. The number of halogens is 1. The van der Waals surface area contributed by atoms with Crippen LogP contribution in [-0.2, 0) is 0 Å². The molecule has 1 saturated heterocycles. The molecule has 1 saturated carbocycles. The lowest BCUT2D eigenvalue weighted by Crippen LogP contribution is -2.45. The number of aliphatic imine (C=N–C) groups is 1. The summed E-state index contributed by atoms with van der Waals surface area (Å²) in [7, 11) is 0. The van der Waals surface area contributed by atoms with E-state index in [1.807, 2.05) is 9.47 Å². The van der Waals surface area contributed by atoms with Crippen LogP contribution < -0.4 is 21.6 Å². The summed E-state index contributed by atoms with van der Waals surface area (Å²) in [6.07, 6.45) is 5.43. The van der Waals surface area contributed by atoms with E-state index in [9.17, 15) is 19.1 Å². The van der Waals surface area contributed by atoms with Crippen LogP contribution in [-0.4, -0.2) is 46.4 Å². The van der Waals surface area contributed by atoms with Crippen molar-refractivity contribution in [2.45, 2.75) is 31.5 Å². The number of nitrogens with zero attached hydrogens (tertiary/aromatic N) is 4. The minimum absolute atomic E-state index is 0.106. The molecular formula is C19H21FN6O3. The van der Waals surface area contributed by atoms with Crippen LogP contribution in [0.3, 0.4) is 0 Å². The van der Waals surface area contributed by atoms with Gasteiger partial charge in [0.25, 0.3) is 0 Å². The molecule has 3 aliphatic rings. The van der Waals surface area contributed by atoms with Gasteiger partial charge < -0.3 is 14.6 Å². The Morgan fingerprint density at radius 3 is 2.76 bits per heavy atom.